The smallest absolute Gasteiger partial charge is 0.354 e. The number of alkyl halides is 1. The van der Waals surface area contributed by atoms with Gasteiger partial charge >= 0.3 is 11.9 Å². The molecule has 0 saturated heterocycles. The second-order valence-electron chi connectivity index (χ2n) is 6.94. The largest absolute Gasteiger partial charge is 0.469 e. The highest BCUT2D eigenvalue weighted by atomic mass is 35.5. The second kappa shape index (κ2) is 8.47. The van der Waals surface area contributed by atoms with Crippen molar-refractivity contribution in [3.63, 3.8) is 0 Å². The van der Waals surface area contributed by atoms with Crippen molar-refractivity contribution in [2.24, 2.45) is 14.1 Å². The van der Waals surface area contributed by atoms with E-state index in [4.69, 9.17) is 21.1 Å². The normalized spacial score (nSPS) is 11.2. The van der Waals surface area contributed by atoms with Crippen molar-refractivity contribution < 1.29 is 23.5 Å². The molecule has 2 aromatic heterocycles. The van der Waals surface area contributed by atoms with Crippen LogP contribution in [0.15, 0.2) is 12.1 Å². The van der Waals surface area contributed by atoms with Gasteiger partial charge < -0.3 is 14.0 Å². The number of ether oxygens (including phenoxy) is 2. The summed E-state index contributed by atoms with van der Waals surface area (Å²) < 4.78 is 28.1. The molecule has 0 atom stereocenters. The van der Waals surface area contributed by atoms with Crippen LogP contribution in [0.2, 0.25) is 0 Å². The first-order valence-corrected chi connectivity index (χ1v) is 9.83. The van der Waals surface area contributed by atoms with Crippen LogP contribution in [0.4, 0.5) is 4.39 Å². The molecule has 30 heavy (non-hydrogen) atoms. The summed E-state index contributed by atoms with van der Waals surface area (Å²) in [6, 6.07) is 2.96. The number of halogens is 2. The van der Waals surface area contributed by atoms with Crippen LogP contribution in [0.25, 0.3) is 22.0 Å². The zero-order chi connectivity index (χ0) is 22.2. The molecule has 0 bridgehead atoms. The summed E-state index contributed by atoms with van der Waals surface area (Å²) in [5.74, 6) is -1.32. The average Bonchev–Trinajstić information content (AvgIpc) is 3.19. The van der Waals surface area contributed by atoms with Gasteiger partial charge in [-0.2, -0.15) is 5.10 Å². The Hall–Kier alpha value is -2.87. The minimum atomic E-state index is -0.569. The van der Waals surface area contributed by atoms with Gasteiger partial charge in [0.1, 0.15) is 11.5 Å². The third-order valence-corrected chi connectivity index (χ3v) is 5.63. The Balaban J connectivity index is 2.39. The molecule has 3 aromatic rings. The standard InChI is InChI=1S/C21H23ClFN3O4/c1-11-17(15(10-22)24-26(11)3)18-14(23)8-6-12-13(7-9-16(27)29-4)20(21(28)30-5)25(2)19(12)18/h6,8H,7,9-10H2,1-5H3. The molecule has 0 spiro atoms. The highest BCUT2D eigenvalue weighted by Gasteiger charge is 2.28. The van der Waals surface area contributed by atoms with E-state index in [0.717, 1.165) is 5.69 Å². The maximum absolute atomic E-state index is 15.2. The number of aromatic nitrogens is 3. The number of aryl methyl sites for hydroxylation is 3. The predicted octanol–water partition coefficient (Wildman–Crippen LogP) is 3.66. The molecule has 1 aromatic carbocycles. The SMILES string of the molecule is COC(=O)CCc1c(C(=O)OC)n(C)c2c(-c3c(CCl)nn(C)c3C)c(F)ccc12. The third kappa shape index (κ3) is 3.45. The van der Waals surface area contributed by atoms with Crippen molar-refractivity contribution in [1.29, 1.82) is 0 Å². The number of methoxy groups -OCH3 is 2. The van der Waals surface area contributed by atoms with Gasteiger partial charge in [-0.15, -0.1) is 11.6 Å². The van der Waals surface area contributed by atoms with Gasteiger partial charge in [-0.25, -0.2) is 9.18 Å². The van der Waals surface area contributed by atoms with Gasteiger partial charge in [0.05, 0.1) is 31.3 Å². The van der Waals surface area contributed by atoms with Crippen molar-refractivity contribution in [3.8, 4) is 11.1 Å². The van der Waals surface area contributed by atoms with E-state index in [1.54, 1.807) is 29.4 Å². The van der Waals surface area contributed by atoms with E-state index < -0.39 is 17.8 Å². The van der Waals surface area contributed by atoms with E-state index in [-0.39, 0.29) is 24.4 Å². The zero-order valence-corrected chi connectivity index (χ0v) is 18.3. The molecular weight excluding hydrogens is 413 g/mol. The molecule has 0 N–H and O–H groups in total. The van der Waals surface area contributed by atoms with E-state index in [0.29, 0.717) is 33.3 Å². The van der Waals surface area contributed by atoms with Crippen molar-refractivity contribution >= 4 is 34.4 Å². The van der Waals surface area contributed by atoms with Crippen LogP contribution in [0, 0.1) is 12.7 Å². The molecule has 9 heteroatoms. The topological polar surface area (TPSA) is 75.4 Å². The molecule has 0 aliphatic rings. The summed E-state index contributed by atoms with van der Waals surface area (Å²) in [5.41, 5.74) is 3.56. The molecule has 0 fully saturated rings. The monoisotopic (exact) mass is 435 g/mol. The van der Waals surface area contributed by atoms with Gasteiger partial charge in [0.25, 0.3) is 0 Å². The number of benzene rings is 1. The number of fused-ring (bicyclic) bond motifs is 1. The van der Waals surface area contributed by atoms with Gasteiger partial charge in [0.2, 0.25) is 0 Å². The fourth-order valence-corrected chi connectivity index (χ4v) is 4.06. The second-order valence-corrected chi connectivity index (χ2v) is 7.20. The van der Waals surface area contributed by atoms with Crippen LogP contribution in [0.3, 0.4) is 0 Å². The number of nitrogens with zero attached hydrogens (tertiary/aromatic N) is 3. The molecule has 0 amide bonds. The lowest BCUT2D eigenvalue weighted by Gasteiger charge is -2.10. The summed E-state index contributed by atoms with van der Waals surface area (Å²) in [4.78, 5) is 24.3. The number of carbonyl (C=O) groups excluding carboxylic acids is 2. The maximum atomic E-state index is 15.2. The number of carbonyl (C=O) groups is 2. The average molecular weight is 436 g/mol. The first kappa shape index (κ1) is 21.8. The van der Waals surface area contributed by atoms with Crippen molar-refractivity contribution in [2.75, 3.05) is 14.2 Å². The quantitative estimate of drug-likeness (QED) is 0.436. The van der Waals surface area contributed by atoms with Gasteiger partial charge in [-0.3, -0.25) is 9.48 Å². The Morgan fingerprint density at radius 3 is 2.47 bits per heavy atom. The summed E-state index contributed by atoms with van der Waals surface area (Å²) >= 11 is 6.09. The van der Waals surface area contributed by atoms with Crippen molar-refractivity contribution in [3.05, 3.63) is 40.6 Å². The van der Waals surface area contributed by atoms with Crippen LogP contribution in [-0.4, -0.2) is 40.5 Å². The number of rotatable bonds is 6. The lowest BCUT2D eigenvalue weighted by atomic mass is 9.98. The van der Waals surface area contributed by atoms with Crippen LogP contribution >= 0.6 is 11.6 Å². The van der Waals surface area contributed by atoms with Crippen LogP contribution in [0.5, 0.6) is 0 Å². The lowest BCUT2D eigenvalue weighted by molar-refractivity contribution is -0.140. The molecule has 0 unspecified atom stereocenters. The van der Waals surface area contributed by atoms with Crippen LogP contribution < -0.4 is 0 Å². The minimum absolute atomic E-state index is 0.0746. The van der Waals surface area contributed by atoms with E-state index in [1.807, 2.05) is 6.92 Å². The molecule has 0 radical (unpaired) electrons. The summed E-state index contributed by atoms with van der Waals surface area (Å²) in [6.07, 6.45) is 0.319. The number of hydrogen-bond donors (Lipinski definition) is 0. The highest BCUT2D eigenvalue weighted by molar-refractivity contribution is 6.17. The molecule has 0 aliphatic carbocycles. The lowest BCUT2D eigenvalue weighted by Crippen LogP contribution is -2.11. The van der Waals surface area contributed by atoms with Gasteiger partial charge in [0.15, 0.2) is 0 Å². The van der Waals surface area contributed by atoms with E-state index >= 15 is 4.39 Å². The van der Waals surface area contributed by atoms with Crippen LogP contribution in [0.1, 0.15) is 33.9 Å². The molecular formula is C21H23ClFN3O4. The van der Waals surface area contributed by atoms with E-state index in [2.05, 4.69) is 5.10 Å². The first-order chi connectivity index (χ1) is 14.3. The molecule has 0 saturated carbocycles. The van der Waals surface area contributed by atoms with Crippen LogP contribution in [-0.2, 0) is 40.7 Å². The Morgan fingerprint density at radius 2 is 1.87 bits per heavy atom. The zero-order valence-electron chi connectivity index (χ0n) is 17.5. The Kier molecular flexibility index (Phi) is 6.17. The van der Waals surface area contributed by atoms with Crippen molar-refractivity contribution in [2.45, 2.75) is 25.6 Å². The Labute approximate surface area is 178 Å². The minimum Gasteiger partial charge on any atom is -0.469 e. The fourth-order valence-electron chi connectivity index (χ4n) is 3.87. The summed E-state index contributed by atoms with van der Waals surface area (Å²) in [6.45, 7) is 1.83. The fraction of sp³-hybridized carbons (Fsp3) is 0.381. The third-order valence-electron chi connectivity index (χ3n) is 5.38. The van der Waals surface area contributed by atoms with Gasteiger partial charge in [-0.1, -0.05) is 0 Å². The highest BCUT2D eigenvalue weighted by Crippen LogP contribution is 2.39. The molecule has 2 heterocycles. The Morgan fingerprint density at radius 1 is 1.17 bits per heavy atom. The summed E-state index contributed by atoms with van der Waals surface area (Å²) in [5, 5.41) is 5.04. The van der Waals surface area contributed by atoms with E-state index in [9.17, 15) is 9.59 Å². The number of esters is 2. The predicted molar refractivity (Wildman–Crippen MR) is 111 cm³/mol. The van der Waals surface area contributed by atoms with Gasteiger partial charge in [0, 0.05) is 42.7 Å². The molecule has 160 valence electrons. The summed E-state index contributed by atoms with van der Waals surface area (Å²) in [7, 11) is 6.02. The van der Waals surface area contributed by atoms with Crippen molar-refractivity contribution in [1.82, 2.24) is 14.3 Å². The molecule has 3 rings (SSSR count). The molecule has 7 nitrogen and oxygen atoms in total. The first-order valence-electron chi connectivity index (χ1n) is 9.30. The Bertz CT molecular complexity index is 1150. The van der Waals surface area contributed by atoms with Gasteiger partial charge in [-0.05, 0) is 31.0 Å². The molecule has 0 aliphatic heterocycles. The number of hydrogen-bond acceptors (Lipinski definition) is 5. The van der Waals surface area contributed by atoms with E-state index in [1.165, 1.54) is 20.3 Å². The maximum Gasteiger partial charge on any atom is 0.354 e.